The normalized spacial score (nSPS) is 11.2. The van der Waals surface area contributed by atoms with Crippen LogP contribution in [0, 0.1) is 0 Å². The smallest absolute Gasteiger partial charge is 0.322 e. The minimum Gasteiger partial charge on any atom is -0.467 e. The lowest BCUT2D eigenvalue weighted by atomic mass is 9.85. The van der Waals surface area contributed by atoms with Gasteiger partial charge in [0.2, 0.25) is 11.2 Å². The molecular formula is C14H17ClN4O. The molecule has 106 valence electrons. The molecule has 20 heavy (non-hydrogen) atoms. The molecule has 0 aliphatic carbocycles. The molecule has 6 heteroatoms. The molecule has 1 heterocycles. The van der Waals surface area contributed by atoms with Gasteiger partial charge in [-0.25, -0.2) is 0 Å². The number of rotatable bonds is 5. The second-order valence-corrected chi connectivity index (χ2v) is 5.36. The van der Waals surface area contributed by atoms with Crippen LogP contribution in [0.25, 0.3) is 0 Å². The highest BCUT2D eigenvalue weighted by atomic mass is 35.5. The predicted molar refractivity (Wildman–Crippen MR) is 79.3 cm³/mol. The Labute approximate surface area is 123 Å². The standard InChI is InChI=1S/C14H17ClN4O/c1-14(2,10-7-5-4-6-8-10)9-16-12-17-11(15)18-13(19-12)20-3/h4-8H,9H2,1-3H3,(H,16,17,18,19). The quantitative estimate of drug-likeness (QED) is 0.918. The fourth-order valence-electron chi connectivity index (χ4n) is 1.79. The Bertz CT molecular complexity index is 575. The van der Waals surface area contributed by atoms with Crippen molar-refractivity contribution in [3.63, 3.8) is 0 Å². The molecule has 0 radical (unpaired) electrons. The lowest BCUT2D eigenvalue weighted by Gasteiger charge is -2.25. The zero-order valence-corrected chi connectivity index (χ0v) is 12.5. The number of hydrogen-bond acceptors (Lipinski definition) is 5. The van der Waals surface area contributed by atoms with Gasteiger partial charge in [-0.15, -0.1) is 0 Å². The number of methoxy groups -OCH3 is 1. The maximum absolute atomic E-state index is 5.81. The van der Waals surface area contributed by atoms with Crippen LogP contribution in [-0.4, -0.2) is 28.6 Å². The molecule has 0 unspecified atom stereocenters. The van der Waals surface area contributed by atoms with Crippen molar-refractivity contribution in [3.8, 4) is 6.01 Å². The average molecular weight is 293 g/mol. The summed E-state index contributed by atoms with van der Waals surface area (Å²) in [6.45, 7) is 4.96. The van der Waals surface area contributed by atoms with E-state index in [1.54, 1.807) is 0 Å². The van der Waals surface area contributed by atoms with E-state index < -0.39 is 0 Å². The van der Waals surface area contributed by atoms with E-state index in [1.165, 1.54) is 12.7 Å². The fraction of sp³-hybridized carbons (Fsp3) is 0.357. The first-order valence-corrected chi connectivity index (χ1v) is 6.64. The van der Waals surface area contributed by atoms with Gasteiger partial charge in [0.1, 0.15) is 0 Å². The minimum atomic E-state index is -0.0619. The van der Waals surface area contributed by atoms with E-state index in [1.807, 2.05) is 18.2 Å². The third-order valence-electron chi connectivity index (χ3n) is 3.01. The number of nitrogens with one attached hydrogen (secondary N) is 1. The highest BCUT2D eigenvalue weighted by Crippen LogP contribution is 2.23. The van der Waals surface area contributed by atoms with Crippen molar-refractivity contribution in [2.24, 2.45) is 0 Å². The van der Waals surface area contributed by atoms with Gasteiger partial charge in [0, 0.05) is 12.0 Å². The SMILES string of the molecule is COc1nc(Cl)nc(NCC(C)(C)c2ccccc2)n1. The second-order valence-electron chi connectivity index (χ2n) is 5.02. The maximum atomic E-state index is 5.81. The Morgan fingerprint density at radius 1 is 1.15 bits per heavy atom. The van der Waals surface area contributed by atoms with Crippen molar-refractivity contribution < 1.29 is 4.74 Å². The van der Waals surface area contributed by atoms with Crippen LogP contribution < -0.4 is 10.1 Å². The van der Waals surface area contributed by atoms with Gasteiger partial charge in [-0.2, -0.15) is 15.0 Å². The molecule has 0 fully saturated rings. The van der Waals surface area contributed by atoms with Gasteiger partial charge in [0.25, 0.3) is 0 Å². The summed E-state index contributed by atoms with van der Waals surface area (Å²) in [6, 6.07) is 10.5. The molecule has 1 aromatic carbocycles. The molecule has 2 aromatic rings. The first-order chi connectivity index (χ1) is 9.51. The molecule has 0 aliphatic heterocycles. The summed E-state index contributed by atoms with van der Waals surface area (Å²) in [4.78, 5) is 12.0. The van der Waals surface area contributed by atoms with Crippen molar-refractivity contribution in [2.45, 2.75) is 19.3 Å². The molecule has 1 aromatic heterocycles. The molecule has 0 spiro atoms. The molecule has 0 bridgehead atoms. The number of ether oxygens (including phenoxy) is 1. The van der Waals surface area contributed by atoms with Crippen LogP contribution in [0.4, 0.5) is 5.95 Å². The number of anilines is 1. The van der Waals surface area contributed by atoms with Gasteiger partial charge in [-0.3, -0.25) is 0 Å². The summed E-state index contributed by atoms with van der Waals surface area (Å²) in [5.74, 6) is 0.408. The Hall–Kier alpha value is -1.88. The highest BCUT2D eigenvalue weighted by Gasteiger charge is 2.20. The van der Waals surface area contributed by atoms with Gasteiger partial charge in [0.15, 0.2) is 0 Å². The number of nitrogens with zero attached hydrogens (tertiary/aromatic N) is 3. The molecule has 0 saturated carbocycles. The number of hydrogen-bond donors (Lipinski definition) is 1. The van der Waals surface area contributed by atoms with Crippen LogP contribution in [0.5, 0.6) is 6.01 Å². The van der Waals surface area contributed by atoms with E-state index in [2.05, 4.69) is 46.2 Å². The third-order valence-corrected chi connectivity index (χ3v) is 3.18. The zero-order valence-electron chi connectivity index (χ0n) is 11.7. The molecule has 2 rings (SSSR count). The van der Waals surface area contributed by atoms with E-state index in [0.29, 0.717) is 12.5 Å². The summed E-state index contributed by atoms with van der Waals surface area (Å²) in [5.41, 5.74) is 1.17. The molecule has 0 saturated heterocycles. The highest BCUT2D eigenvalue weighted by molar-refractivity contribution is 6.28. The van der Waals surface area contributed by atoms with Crippen LogP contribution in [-0.2, 0) is 5.41 Å². The average Bonchev–Trinajstić information content (AvgIpc) is 2.45. The molecule has 1 N–H and O–H groups in total. The minimum absolute atomic E-state index is 0.0619. The lowest BCUT2D eigenvalue weighted by molar-refractivity contribution is 0.378. The molecule has 0 atom stereocenters. The molecule has 0 aliphatic rings. The van der Waals surface area contributed by atoms with Crippen molar-refractivity contribution in [1.29, 1.82) is 0 Å². The van der Waals surface area contributed by atoms with E-state index in [9.17, 15) is 0 Å². The maximum Gasteiger partial charge on any atom is 0.322 e. The Kier molecular flexibility index (Phi) is 4.39. The van der Waals surface area contributed by atoms with Crippen LogP contribution in [0.3, 0.4) is 0 Å². The van der Waals surface area contributed by atoms with E-state index in [0.717, 1.165) is 0 Å². The van der Waals surface area contributed by atoms with Crippen molar-refractivity contribution in [3.05, 3.63) is 41.2 Å². The summed E-state index contributed by atoms with van der Waals surface area (Å²) in [5, 5.41) is 3.28. The summed E-state index contributed by atoms with van der Waals surface area (Å²) in [7, 11) is 1.49. The van der Waals surface area contributed by atoms with Crippen LogP contribution >= 0.6 is 11.6 Å². The van der Waals surface area contributed by atoms with Crippen molar-refractivity contribution >= 4 is 17.5 Å². The van der Waals surface area contributed by atoms with Gasteiger partial charge in [-0.1, -0.05) is 44.2 Å². The van der Waals surface area contributed by atoms with E-state index >= 15 is 0 Å². The Morgan fingerprint density at radius 2 is 1.85 bits per heavy atom. The first-order valence-electron chi connectivity index (χ1n) is 6.26. The van der Waals surface area contributed by atoms with E-state index in [4.69, 9.17) is 16.3 Å². The number of aromatic nitrogens is 3. The summed E-state index contributed by atoms with van der Waals surface area (Å²) < 4.78 is 4.97. The number of benzene rings is 1. The van der Waals surface area contributed by atoms with E-state index in [-0.39, 0.29) is 16.7 Å². The van der Waals surface area contributed by atoms with Gasteiger partial charge in [-0.05, 0) is 17.2 Å². The van der Waals surface area contributed by atoms with Gasteiger partial charge in [0.05, 0.1) is 7.11 Å². The largest absolute Gasteiger partial charge is 0.467 e. The molecule has 5 nitrogen and oxygen atoms in total. The van der Waals surface area contributed by atoms with Crippen LogP contribution in [0.1, 0.15) is 19.4 Å². The summed E-state index contributed by atoms with van der Waals surface area (Å²) >= 11 is 5.81. The lowest BCUT2D eigenvalue weighted by Crippen LogP contribution is -2.28. The van der Waals surface area contributed by atoms with Gasteiger partial charge < -0.3 is 10.1 Å². The van der Waals surface area contributed by atoms with Crippen molar-refractivity contribution in [2.75, 3.05) is 19.0 Å². The third kappa shape index (κ3) is 3.57. The predicted octanol–water partition coefficient (Wildman–Crippen LogP) is 2.92. The monoisotopic (exact) mass is 292 g/mol. The van der Waals surface area contributed by atoms with Crippen molar-refractivity contribution in [1.82, 2.24) is 15.0 Å². The summed E-state index contributed by atoms with van der Waals surface area (Å²) in [6.07, 6.45) is 0. The Balaban J connectivity index is 2.10. The van der Waals surface area contributed by atoms with Gasteiger partial charge >= 0.3 is 6.01 Å². The Morgan fingerprint density at radius 3 is 2.50 bits per heavy atom. The van der Waals surface area contributed by atoms with Crippen LogP contribution in [0.15, 0.2) is 30.3 Å². The topological polar surface area (TPSA) is 59.9 Å². The molecule has 0 amide bonds. The first kappa shape index (κ1) is 14.5. The molecular weight excluding hydrogens is 276 g/mol. The second kappa shape index (κ2) is 6.05. The fourth-order valence-corrected chi connectivity index (χ4v) is 1.95. The van der Waals surface area contributed by atoms with Crippen LogP contribution in [0.2, 0.25) is 5.28 Å². The number of halogens is 1. The zero-order chi connectivity index (χ0) is 14.6.